The Bertz CT molecular complexity index is 421. The topological polar surface area (TPSA) is 18.5 Å². The van der Waals surface area contributed by atoms with Crippen molar-refractivity contribution in [1.29, 1.82) is 0 Å². The highest BCUT2D eigenvalue weighted by molar-refractivity contribution is 5.64. The van der Waals surface area contributed by atoms with E-state index in [0.717, 1.165) is 11.5 Å². The standard InChI is InChI=1S/C14H14O2.CH2F2/c1-15-13-7-3-11(4-8-13)12-5-9-14(16-2)10-6-12;2-1-3/h3-10H,1-2H3;1H2. The van der Waals surface area contributed by atoms with E-state index in [0.29, 0.717) is 0 Å². The van der Waals surface area contributed by atoms with Gasteiger partial charge >= 0.3 is 0 Å². The van der Waals surface area contributed by atoms with Gasteiger partial charge in [0.25, 0.3) is 0 Å². The fourth-order valence-corrected chi connectivity index (χ4v) is 1.57. The van der Waals surface area contributed by atoms with Crippen molar-refractivity contribution in [3.63, 3.8) is 0 Å². The number of ether oxygens (including phenoxy) is 2. The van der Waals surface area contributed by atoms with Crippen molar-refractivity contribution in [2.75, 3.05) is 21.1 Å². The molecule has 0 aliphatic carbocycles. The number of alkyl halides is 2. The highest BCUT2D eigenvalue weighted by atomic mass is 19.3. The van der Waals surface area contributed by atoms with Crippen LogP contribution in [0.2, 0.25) is 0 Å². The molecule has 0 bridgehead atoms. The average molecular weight is 266 g/mol. The first-order chi connectivity index (χ1) is 9.24. The fourth-order valence-electron chi connectivity index (χ4n) is 1.57. The highest BCUT2D eigenvalue weighted by Crippen LogP contribution is 2.24. The molecule has 2 aromatic rings. The molecule has 0 atom stereocenters. The van der Waals surface area contributed by atoms with Crippen LogP contribution in [0.1, 0.15) is 0 Å². The Hall–Kier alpha value is -2.10. The van der Waals surface area contributed by atoms with E-state index in [1.54, 1.807) is 14.2 Å². The minimum absolute atomic E-state index is 0.872. The number of methoxy groups -OCH3 is 2. The predicted octanol–water partition coefficient (Wildman–Crippen LogP) is 4.25. The Morgan fingerprint density at radius 1 is 0.684 bits per heavy atom. The van der Waals surface area contributed by atoms with Crippen LogP contribution in [-0.2, 0) is 0 Å². The first kappa shape index (κ1) is 15.0. The number of rotatable bonds is 3. The van der Waals surface area contributed by atoms with Crippen LogP contribution in [-0.4, -0.2) is 21.1 Å². The molecule has 0 aromatic heterocycles. The maximum atomic E-state index is 9.62. The third-order valence-electron chi connectivity index (χ3n) is 2.51. The van der Waals surface area contributed by atoms with E-state index in [1.165, 1.54) is 11.1 Å². The summed E-state index contributed by atoms with van der Waals surface area (Å²) in [5, 5.41) is 0. The highest BCUT2D eigenvalue weighted by Gasteiger charge is 1.98. The third kappa shape index (κ3) is 4.58. The zero-order chi connectivity index (χ0) is 14.1. The van der Waals surface area contributed by atoms with E-state index in [-0.39, 0.29) is 0 Å². The van der Waals surface area contributed by atoms with Crippen molar-refractivity contribution < 1.29 is 18.3 Å². The van der Waals surface area contributed by atoms with Gasteiger partial charge in [-0.25, -0.2) is 8.78 Å². The predicted molar refractivity (Wildman–Crippen MR) is 72.1 cm³/mol. The summed E-state index contributed by atoms with van der Waals surface area (Å²) in [6.45, 7) is -1.75. The van der Waals surface area contributed by atoms with Gasteiger partial charge in [0.05, 0.1) is 14.2 Å². The molecular formula is C15H16F2O2. The summed E-state index contributed by atoms with van der Waals surface area (Å²) < 4.78 is 29.5. The van der Waals surface area contributed by atoms with Crippen LogP contribution in [0.5, 0.6) is 11.5 Å². The number of hydrogen-bond acceptors (Lipinski definition) is 2. The van der Waals surface area contributed by atoms with Crippen molar-refractivity contribution >= 4 is 0 Å². The summed E-state index contributed by atoms with van der Waals surface area (Å²) in [5.74, 6) is 1.74. The van der Waals surface area contributed by atoms with Crippen LogP contribution in [0.15, 0.2) is 48.5 Å². The zero-order valence-electron chi connectivity index (χ0n) is 10.9. The quantitative estimate of drug-likeness (QED) is 0.826. The maximum Gasteiger partial charge on any atom is 0.229 e. The molecule has 0 aliphatic rings. The van der Waals surface area contributed by atoms with Gasteiger partial charge in [0.1, 0.15) is 11.5 Å². The molecule has 0 saturated heterocycles. The Labute approximate surface area is 111 Å². The second kappa shape index (κ2) is 8.08. The lowest BCUT2D eigenvalue weighted by atomic mass is 10.1. The van der Waals surface area contributed by atoms with Gasteiger partial charge in [-0.05, 0) is 35.4 Å². The van der Waals surface area contributed by atoms with Crippen LogP contribution in [0.25, 0.3) is 11.1 Å². The molecule has 19 heavy (non-hydrogen) atoms. The molecular weight excluding hydrogens is 250 g/mol. The van der Waals surface area contributed by atoms with Crippen molar-refractivity contribution in [3.05, 3.63) is 48.5 Å². The van der Waals surface area contributed by atoms with Gasteiger partial charge in [0.15, 0.2) is 0 Å². The summed E-state index contributed by atoms with van der Waals surface area (Å²) in [6, 6.07) is 16.0. The molecule has 0 radical (unpaired) electrons. The molecule has 2 aromatic carbocycles. The summed E-state index contributed by atoms with van der Waals surface area (Å²) in [5.41, 5.74) is 2.34. The van der Waals surface area contributed by atoms with Crippen molar-refractivity contribution in [1.82, 2.24) is 0 Å². The second-order valence-corrected chi connectivity index (χ2v) is 3.56. The largest absolute Gasteiger partial charge is 0.497 e. The minimum atomic E-state index is -1.75. The van der Waals surface area contributed by atoms with Gasteiger partial charge in [0.2, 0.25) is 6.93 Å². The Kier molecular flexibility index (Phi) is 6.36. The molecule has 2 rings (SSSR count). The number of halogens is 2. The van der Waals surface area contributed by atoms with Gasteiger partial charge < -0.3 is 9.47 Å². The van der Waals surface area contributed by atoms with Gasteiger partial charge in [-0.3, -0.25) is 0 Å². The molecule has 0 aliphatic heterocycles. The summed E-state index contributed by atoms with van der Waals surface area (Å²) in [7, 11) is 3.34. The van der Waals surface area contributed by atoms with E-state index in [4.69, 9.17) is 9.47 Å². The average Bonchev–Trinajstić information content (AvgIpc) is 2.48. The second-order valence-electron chi connectivity index (χ2n) is 3.56. The van der Waals surface area contributed by atoms with E-state index in [2.05, 4.69) is 0 Å². The van der Waals surface area contributed by atoms with Crippen molar-refractivity contribution in [2.24, 2.45) is 0 Å². The van der Waals surface area contributed by atoms with Gasteiger partial charge in [-0.15, -0.1) is 0 Å². The zero-order valence-corrected chi connectivity index (χ0v) is 10.9. The first-order valence-corrected chi connectivity index (χ1v) is 5.65. The Balaban J connectivity index is 0.000000550. The van der Waals surface area contributed by atoms with E-state index < -0.39 is 6.93 Å². The van der Waals surface area contributed by atoms with Crippen LogP contribution < -0.4 is 9.47 Å². The molecule has 2 nitrogen and oxygen atoms in total. The number of benzene rings is 2. The molecule has 0 amide bonds. The third-order valence-corrected chi connectivity index (χ3v) is 2.51. The summed E-state index contributed by atoms with van der Waals surface area (Å²) in [6.07, 6.45) is 0. The maximum absolute atomic E-state index is 9.62. The fraction of sp³-hybridized carbons (Fsp3) is 0.200. The van der Waals surface area contributed by atoms with E-state index in [9.17, 15) is 8.78 Å². The molecule has 0 unspecified atom stereocenters. The van der Waals surface area contributed by atoms with Gasteiger partial charge in [-0.1, -0.05) is 24.3 Å². The smallest absolute Gasteiger partial charge is 0.229 e. The summed E-state index contributed by atoms with van der Waals surface area (Å²) >= 11 is 0. The number of hydrogen-bond donors (Lipinski definition) is 0. The van der Waals surface area contributed by atoms with E-state index in [1.807, 2.05) is 48.5 Å². The van der Waals surface area contributed by atoms with Gasteiger partial charge in [0, 0.05) is 0 Å². The SMILES string of the molecule is COc1ccc(-c2ccc(OC)cc2)cc1.FCF. The van der Waals surface area contributed by atoms with Crippen LogP contribution in [0, 0.1) is 0 Å². The normalized spacial score (nSPS) is 9.26. The molecule has 0 heterocycles. The molecule has 0 N–H and O–H groups in total. The lowest BCUT2D eigenvalue weighted by molar-refractivity contribution is 0.295. The Morgan fingerprint density at radius 2 is 0.947 bits per heavy atom. The molecule has 0 saturated carbocycles. The van der Waals surface area contributed by atoms with Gasteiger partial charge in [-0.2, -0.15) is 0 Å². The minimum Gasteiger partial charge on any atom is -0.497 e. The van der Waals surface area contributed by atoms with Crippen LogP contribution >= 0.6 is 0 Å². The molecule has 102 valence electrons. The Morgan fingerprint density at radius 3 is 1.16 bits per heavy atom. The monoisotopic (exact) mass is 266 g/mol. The van der Waals surface area contributed by atoms with Crippen molar-refractivity contribution in [2.45, 2.75) is 0 Å². The molecule has 0 spiro atoms. The van der Waals surface area contributed by atoms with Crippen molar-refractivity contribution in [3.8, 4) is 22.6 Å². The lowest BCUT2D eigenvalue weighted by Crippen LogP contribution is -1.84. The first-order valence-electron chi connectivity index (χ1n) is 5.65. The molecule has 0 fully saturated rings. The summed E-state index contributed by atoms with van der Waals surface area (Å²) in [4.78, 5) is 0. The van der Waals surface area contributed by atoms with E-state index >= 15 is 0 Å². The molecule has 4 heteroatoms. The van der Waals surface area contributed by atoms with Crippen LogP contribution in [0.4, 0.5) is 8.78 Å². The van der Waals surface area contributed by atoms with Crippen LogP contribution in [0.3, 0.4) is 0 Å². The lowest BCUT2D eigenvalue weighted by Gasteiger charge is -2.05.